The van der Waals surface area contributed by atoms with Crippen molar-refractivity contribution in [3.63, 3.8) is 0 Å². The Morgan fingerprint density at radius 3 is 1.79 bits per heavy atom. The van der Waals surface area contributed by atoms with Crippen LogP contribution in [0.25, 0.3) is 0 Å². The highest BCUT2D eigenvalue weighted by atomic mass is 28.5. The molecule has 140 valence electrons. The minimum Gasteiger partial charge on any atom is -0.414 e. The highest BCUT2D eigenvalue weighted by Crippen LogP contribution is 2.47. The van der Waals surface area contributed by atoms with Crippen LogP contribution in [0.2, 0.25) is 22.2 Å². The Labute approximate surface area is 150 Å². The van der Waals surface area contributed by atoms with Crippen LogP contribution in [-0.4, -0.2) is 41.0 Å². The summed E-state index contributed by atoms with van der Waals surface area (Å²) in [4.78, 5) is 0. The minimum atomic E-state index is -2.57. The summed E-state index contributed by atoms with van der Waals surface area (Å²) in [7, 11) is -5.01. The first-order valence-corrected chi connectivity index (χ1v) is 13.4. The summed E-state index contributed by atoms with van der Waals surface area (Å²) in [5, 5.41) is 10.4. The maximum Gasteiger partial charge on any atom is 0.335 e. The van der Waals surface area contributed by atoms with E-state index in [1.165, 1.54) is 0 Å². The van der Waals surface area contributed by atoms with Crippen molar-refractivity contribution in [2.24, 2.45) is 5.92 Å². The molecule has 1 fully saturated rings. The lowest BCUT2D eigenvalue weighted by molar-refractivity contribution is -0.00878. The quantitative estimate of drug-likeness (QED) is 0.583. The zero-order chi connectivity index (χ0) is 18.3. The average molecular weight is 373 g/mol. The summed E-state index contributed by atoms with van der Waals surface area (Å²) in [6.07, 6.45) is 3.14. The third kappa shape index (κ3) is 3.33. The zero-order valence-corrected chi connectivity index (χ0v) is 18.6. The van der Waals surface area contributed by atoms with Crippen LogP contribution in [0.1, 0.15) is 55.4 Å². The number of rotatable bonds is 4. The van der Waals surface area contributed by atoms with Crippen molar-refractivity contribution in [2.45, 2.75) is 89.8 Å². The highest BCUT2D eigenvalue weighted by Gasteiger charge is 2.59. The molecular formula is C18H36O4Si2. The van der Waals surface area contributed by atoms with Gasteiger partial charge in [0.15, 0.2) is 0 Å². The fraction of sp³-hybridized carbons (Fsp3) is 0.889. The Morgan fingerprint density at radius 2 is 1.33 bits per heavy atom. The maximum absolute atomic E-state index is 10.4. The van der Waals surface area contributed by atoms with E-state index in [0.717, 1.165) is 0 Å². The van der Waals surface area contributed by atoms with Gasteiger partial charge in [0.25, 0.3) is 0 Å². The van der Waals surface area contributed by atoms with Gasteiger partial charge in [-0.1, -0.05) is 67.5 Å². The van der Waals surface area contributed by atoms with Gasteiger partial charge >= 0.3 is 17.1 Å². The second-order valence-electron chi connectivity index (χ2n) is 8.60. The normalized spacial score (nSPS) is 32.5. The lowest BCUT2D eigenvalue weighted by Gasteiger charge is -2.51. The van der Waals surface area contributed by atoms with Crippen LogP contribution in [0.4, 0.5) is 0 Å². The second-order valence-corrected chi connectivity index (χ2v) is 17.4. The van der Waals surface area contributed by atoms with E-state index in [1.807, 2.05) is 6.08 Å². The van der Waals surface area contributed by atoms with Crippen LogP contribution in [0.3, 0.4) is 0 Å². The van der Waals surface area contributed by atoms with E-state index >= 15 is 0 Å². The molecule has 2 aliphatic rings. The van der Waals surface area contributed by atoms with Crippen molar-refractivity contribution in [2.75, 3.05) is 6.61 Å². The number of hydrogen-bond acceptors (Lipinski definition) is 4. The molecular weight excluding hydrogens is 336 g/mol. The van der Waals surface area contributed by atoms with Gasteiger partial charge in [-0.2, -0.15) is 0 Å². The molecule has 0 aromatic rings. The molecule has 0 radical (unpaired) electrons. The molecule has 24 heavy (non-hydrogen) atoms. The summed E-state index contributed by atoms with van der Waals surface area (Å²) >= 11 is 0. The highest BCUT2D eigenvalue weighted by molar-refractivity contribution is 6.83. The maximum atomic E-state index is 10.4. The number of aliphatic hydroxyl groups excluding tert-OH is 1. The van der Waals surface area contributed by atoms with Crippen LogP contribution in [0.15, 0.2) is 12.2 Å². The summed E-state index contributed by atoms with van der Waals surface area (Å²) in [6.45, 7) is 18.3. The van der Waals surface area contributed by atoms with Crippen LogP contribution in [-0.2, 0) is 13.0 Å². The fourth-order valence-electron chi connectivity index (χ4n) is 4.19. The monoisotopic (exact) mass is 372 g/mol. The second kappa shape index (κ2) is 7.33. The van der Waals surface area contributed by atoms with Crippen LogP contribution < -0.4 is 0 Å². The Hall–Kier alpha value is 0.0138. The van der Waals surface area contributed by atoms with Crippen LogP contribution in [0, 0.1) is 5.92 Å². The first-order chi connectivity index (χ1) is 11.1. The summed E-state index contributed by atoms with van der Waals surface area (Å²) < 4.78 is 20.4. The third-order valence-electron chi connectivity index (χ3n) is 5.67. The summed E-state index contributed by atoms with van der Waals surface area (Å²) in [5.74, 6) is 0.123. The minimum absolute atomic E-state index is 0.123. The Kier molecular flexibility index (Phi) is 6.21. The molecule has 1 saturated heterocycles. The smallest absolute Gasteiger partial charge is 0.335 e. The molecule has 1 heterocycles. The van der Waals surface area contributed by atoms with Crippen molar-refractivity contribution < 1.29 is 18.1 Å². The third-order valence-corrected chi connectivity index (χ3v) is 15.9. The lowest BCUT2D eigenvalue weighted by atomic mass is 10.1. The average Bonchev–Trinajstić information content (AvgIpc) is 2.77. The molecule has 0 spiro atoms. The molecule has 4 nitrogen and oxygen atoms in total. The largest absolute Gasteiger partial charge is 0.414 e. The predicted octanol–water partition coefficient (Wildman–Crippen LogP) is 4.49. The molecule has 1 aliphatic heterocycles. The van der Waals surface area contributed by atoms with Gasteiger partial charge in [-0.3, -0.25) is 0 Å². The Balaban J connectivity index is 2.52. The predicted molar refractivity (Wildman–Crippen MR) is 102 cm³/mol. The van der Waals surface area contributed by atoms with E-state index in [-0.39, 0.29) is 12.0 Å². The molecule has 1 unspecified atom stereocenters. The summed E-state index contributed by atoms with van der Waals surface area (Å²) in [5.41, 5.74) is 1.32. The Morgan fingerprint density at radius 1 is 0.833 bits per heavy atom. The molecule has 1 N–H and O–H groups in total. The number of aliphatic hydroxyl groups is 1. The van der Waals surface area contributed by atoms with Crippen molar-refractivity contribution in [1.29, 1.82) is 0 Å². The fourth-order valence-corrected chi connectivity index (χ4v) is 15.5. The first kappa shape index (κ1) is 20.3. The molecule has 0 aromatic carbocycles. The van der Waals surface area contributed by atoms with Gasteiger partial charge < -0.3 is 18.1 Å². The van der Waals surface area contributed by atoms with E-state index in [2.05, 4.69) is 61.5 Å². The van der Waals surface area contributed by atoms with Crippen molar-refractivity contribution in [3.8, 4) is 0 Å². The van der Waals surface area contributed by atoms with Gasteiger partial charge in [0.2, 0.25) is 0 Å². The SMILES string of the molecule is CC(C)[Si]1(C(C)C)OC[C@H]2C=C[C@@H](O)C2O[Si](C(C)C)(C(C)C)O1. The van der Waals surface area contributed by atoms with E-state index in [1.54, 1.807) is 0 Å². The lowest BCUT2D eigenvalue weighted by Crippen LogP contribution is -2.65. The van der Waals surface area contributed by atoms with Crippen molar-refractivity contribution in [3.05, 3.63) is 12.2 Å². The number of hydrogen-bond donors (Lipinski definition) is 1. The van der Waals surface area contributed by atoms with E-state index < -0.39 is 23.2 Å². The standard InChI is InChI=1S/C18H36O4Si2/c1-12(2)23(13(3)4)20-11-16-9-10-17(19)18(16)21-24(22-23,14(5)6)15(7)8/h9-10,12-19H,11H2,1-8H3/t16-,17-,18?/m1/s1. The molecule has 3 atom stereocenters. The summed E-state index contributed by atoms with van der Waals surface area (Å²) in [6, 6.07) is 0. The molecule has 6 heteroatoms. The molecule has 0 amide bonds. The number of fused-ring (bicyclic) bond motifs is 1. The molecule has 1 aliphatic carbocycles. The van der Waals surface area contributed by atoms with E-state index in [4.69, 9.17) is 13.0 Å². The molecule has 0 saturated carbocycles. The molecule has 0 bridgehead atoms. The van der Waals surface area contributed by atoms with Gasteiger partial charge in [-0.25, -0.2) is 0 Å². The van der Waals surface area contributed by atoms with Gasteiger partial charge in [0, 0.05) is 12.5 Å². The molecule has 0 aromatic heterocycles. The van der Waals surface area contributed by atoms with Gasteiger partial charge in [-0.05, 0) is 22.2 Å². The van der Waals surface area contributed by atoms with Gasteiger partial charge in [-0.15, -0.1) is 0 Å². The Bertz CT molecular complexity index is 446. The van der Waals surface area contributed by atoms with Crippen LogP contribution in [0.5, 0.6) is 0 Å². The van der Waals surface area contributed by atoms with E-state index in [0.29, 0.717) is 28.8 Å². The molecule has 2 rings (SSSR count). The van der Waals surface area contributed by atoms with Crippen molar-refractivity contribution >= 4 is 17.1 Å². The van der Waals surface area contributed by atoms with Gasteiger partial charge in [0.1, 0.15) is 0 Å². The van der Waals surface area contributed by atoms with E-state index in [9.17, 15) is 5.11 Å². The van der Waals surface area contributed by atoms with Crippen molar-refractivity contribution in [1.82, 2.24) is 0 Å². The zero-order valence-electron chi connectivity index (χ0n) is 16.6. The van der Waals surface area contributed by atoms with Gasteiger partial charge in [0.05, 0.1) is 12.2 Å². The first-order valence-electron chi connectivity index (χ1n) is 9.45. The topological polar surface area (TPSA) is 47.9 Å². The van der Waals surface area contributed by atoms with Crippen LogP contribution >= 0.6 is 0 Å².